The molecule has 0 heteroatoms. The van der Waals surface area contributed by atoms with Gasteiger partial charge in [0, 0.05) is 5.41 Å². The number of benzene rings is 1. The molecule has 31 heavy (non-hydrogen) atoms. The van der Waals surface area contributed by atoms with E-state index in [-0.39, 0.29) is 0 Å². The molecule has 0 spiro atoms. The number of allylic oxidation sites excluding steroid dienone is 1. The van der Waals surface area contributed by atoms with Crippen molar-refractivity contribution in [2.45, 2.75) is 108 Å². The summed E-state index contributed by atoms with van der Waals surface area (Å²) < 4.78 is 0. The van der Waals surface area contributed by atoms with Crippen molar-refractivity contribution in [2.24, 2.45) is 35.5 Å². The van der Waals surface area contributed by atoms with Crippen LogP contribution in [-0.2, 0) is 5.41 Å². The number of rotatable bonds is 8. The Morgan fingerprint density at radius 3 is 1.84 bits per heavy atom. The SMILES string of the molecule is C=CCCCCC(c1ccccc1)(C1CCCC1)C1C2CCCCC2C2CCCCC21. The van der Waals surface area contributed by atoms with Crippen molar-refractivity contribution in [3.8, 4) is 0 Å². The van der Waals surface area contributed by atoms with Crippen molar-refractivity contribution in [3.63, 3.8) is 0 Å². The van der Waals surface area contributed by atoms with Crippen LogP contribution in [0.4, 0.5) is 0 Å². The fraction of sp³-hybridized carbons (Fsp3) is 0.742. The zero-order valence-corrected chi connectivity index (χ0v) is 19.9. The Morgan fingerprint density at radius 1 is 0.710 bits per heavy atom. The molecular formula is C31H46. The first-order chi connectivity index (χ1) is 15.4. The summed E-state index contributed by atoms with van der Waals surface area (Å²) in [6, 6.07) is 12.1. The topological polar surface area (TPSA) is 0 Å². The van der Waals surface area contributed by atoms with Gasteiger partial charge in [-0.15, -0.1) is 6.58 Å². The molecule has 4 aliphatic rings. The van der Waals surface area contributed by atoms with Crippen LogP contribution in [0.1, 0.15) is 108 Å². The van der Waals surface area contributed by atoms with Gasteiger partial charge in [0.25, 0.3) is 0 Å². The maximum atomic E-state index is 4.02. The number of hydrogen-bond acceptors (Lipinski definition) is 0. The Morgan fingerprint density at radius 2 is 1.26 bits per heavy atom. The van der Waals surface area contributed by atoms with Gasteiger partial charge in [0.15, 0.2) is 0 Å². The molecule has 170 valence electrons. The number of hydrogen-bond donors (Lipinski definition) is 0. The predicted octanol–water partition coefficient (Wildman–Crippen LogP) is 9.10. The van der Waals surface area contributed by atoms with Gasteiger partial charge in [0.2, 0.25) is 0 Å². The first-order valence-electron chi connectivity index (χ1n) is 14.0. The van der Waals surface area contributed by atoms with E-state index >= 15 is 0 Å². The highest BCUT2D eigenvalue weighted by Crippen LogP contribution is 2.66. The molecule has 4 aliphatic carbocycles. The van der Waals surface area contributed by atoms with Gasteiger partial charge in [-0.05, 0) is 98.9 Å². The normalized spacial score (nSPS) is 35.3. The second-order valence-electron chi connectivity index (χ2n) is 11.7. The molecular weight excluding hydrogens is 372 g/mol. The molecule has 1 aromatic rings. The smallest absolute Gasteiger partial charge is 0.00149 e. The van der Waals surface area contributed by atoms with Gasteiger partial charge in [-0.25, -0.2) is 0 Å². The van der Waals surface area contributed by atoms with Crippen LogP contribution >= 0.6 is 0 Å². The molecule has 0 amide bonds. The van der Waals surface area contributed by atoms with E-state index in [1.807, 2.05) is 0 Å². The lowest BCUT2D eigenvalue weighted by molar-refractivity contribution is 0.0575. The second kappa shape index (κ2) is 9.84. The van der Waals surface area contributed by atoms with Crippen LogP contribution in [0.3, 0.4) is 0 Å². The molecule has 0 nitrogen and oxygen atoms in total. The predicted molar refractivity (Wildman–Crippen MR) is 133 cm³/mol. The zero-order chi connectivity index (χ0) is 21.1. The fourth-order valence-electron chi connectivity index (χ4n) is 9.52. The molecule has 5 unspecified atom stereocenters. The molecule has 0 N–H and O–H groups in total. The minimum absolute atomic E-state index is 0.440. The molecule has 5 atom stereocenters. The number of unbranched alkanes of at least 4 members (excludes halogenated alkanes) is 2. The van der Waals surface area contributed by atoms with Gasteiger partial charge in [-0.2, -0.15) is 0 Å². The van der Waals surface area contributed by atoms with Crippen LogP contribution in [0.15, 0.2) is 43.0 Å². The first-order valence-corrected chi connectivity index (χ1v) is 14.0. The molecule has 0 heterocycles. The van der Waals surface area contributed by atoms with E-state index in [0.717, 1.165) is 35.5 Å². The molecule has 0 saturated heterocycles. The van der Waals surface area contributed by atoms with Crippen LogP contribution in [0.2, 0.25) is 0 Å². The van der Waals surface area contributed by atoms with E-state index in [1.165, 1.54) is 89.9 Å². The van der Waals surface area contributed by atoms with Crippen molar-refractivity contribution in [3.05, 3.63) is 48.6 Å². The third-order valence-electron chi connectivity index (χ3n) is 10.5. The fourth-order valence-corrected chi connectivity index (χ4v) is 9.52. The summed E-state index contributed by atoms with van der Waals surface area (Å²) in [5, 5.41) is 0. The third-order valence-corrected chi connectivity index (χ3v) is 10.5. The quantitative estimate of drug-likeness (QED) is 0.291. The number of fused-ring (bicyclic) bond motifs is 3. The standard InChI is InChI=1S/C31H46/c1-2-3-4-14-23-31(25-17-8-9-18-25,24-15-6-5-7-16-24)30-28-21-12-10-19-26(28)27-20-11-13-22-29(27)30/h2,5-7,15-16,25-30H,1,3-4,8-14,17-23H2. The van der Waals surface area contributed by atoms with Gasteiger partial charge in [-0.3, -0.25) is 0 Å². The lowest BCUT2D eigenvalue weighted by Gasteiger charge is -2.51. The van der Waals surface area contributed by atoms with Crippen LogP contribution in [0.25, 0.3) is 0 Å². The van der Waals surface area contributed by atoms with Gasteiger partial charge in [0.05, 0.1) is 0 Å². The van der Waals surface area contributed by atoms with E-state index in [0.29, 0.717) is 5.41 Å². The Labute approximate surface area is 192 Å². The summed E-state index contributed by atoms with van der Waals surface area (Å²) in [5.41, 5.74) is 2.18. The van der Waals surface area contributed by atoms with Gasteiger partial charge in [0.1, 0.15) is 0 Å². The van der Waals surface area contributed by atoms with E-state index in [4.69, 9.17) is 0 Å². The Bertz CT molecular complexity index is 676. The minimum Gasteiger partial charge on any atom is -0.103 e. The van der Waals surface area contributed by atoms with Crippen molar-refractivity contribution in [1.82, 2.24) is 0 Å². The van der Waals surface area contributed by atoms with Gasteiger partial charge < -0.3 is 0 Å². The summed E-state index contributed by atoms with van der Waals surface area (Å²) in [4.78, 5) is 0. The van der Waals surface area contributed by atoms with E-state index < -0.39 is 0 Å². The lowest BCUT2D eigenvalue weighted by atomic mass is 9.53. The Kier molecular flexibility index (Phi) is 6.92. The summed E-state index contributed by atoms with van der Waals surface area (Å²) in [6.45, 7) is 4.02. The van der Waals surface area contributed by atoms with Crippen molar-refractivity contribution in [1.29, 1.82) is 0 Å². The molecule has 4 saturated carbocycles. The first kappa shape index (κ1) is 21.8. The largest absolute Gasteiger partial charge is 0.103 e. The van der Waals surface area contributed by atoms with E-state index in [1.54, 1.807) is 18.4 Å². The highest BCUT2D eigenvalue weighted by molar-refractivity contribution is 5.31. The summed E-state index contributed by atoms with van der Waals surface area (Å²) in [5.74, 6) is 6.02. The maximum absolute atomic E-state index is 4.02. The molecule has 0 bridgehead atoms. The summed E-state index contributed by atoms with van der Waals surface area (Å²) >= 11 is 0. The van der Waals surface area contributed by atoms with Crippen molar-refractivity contribution in [2.75, 3.05) is 0 Å². The van der Waals surface area contributed by atoms with Gasteiger partial charge in [-0.1, -0.05) is 81.4 Å². The monoisotopic (exact) mass is 418 g/mol. The average Bonchev–Trinajstić information content (AvgIpc) is 3.48. The van der Waals surface area contributed by atoms with Gasteiger partial charge >= 0.3 is 0 Å². The van der Waals surface area contributed by atoms with Crippen LogP contribution in [0, 0.1) is 35.5 Å². The zero-order valence-electron chi connectivity index (χ0n) is 19.9. The third kappa shape index (κ3) is 3.95. The minimum atomic E-state index is 0.440. The molecule has 0 aliphatic heterocycles. The highest BCUT2D eigenvalue weighted by atomic mass is 14.6. The Balaban J connectivity index is 1.60. The second-order valence-corrected chi connectivity index (χ2v) is 11.7. The lowest BCUT2D eigenvalue weighted by Crippen LogP contribution is -2.47. The van der Waals surface area contributed by atoms with Crippen LogP contribution < -0.4 is 0 Å². The summed E-state index contributed by atoms with van der Waals surface area (Å²) in [6.07, 6.45) is 25.6. The van der Waals surface area contributed by atoms with Crippen molar-refractivity contribution < 1.29 is 0 Å². The van der Waals surface area contributed by atoms with Crippen LogP contribution in [0.5, 0.6) is 0 Å². The Hall–Kier alpha value is -1.04. The maximum Gasteiger partial charge on any atom is 0.00149 e. The van der Waals surface area contributed by atoms with E-state index in [2.05, 4.69) is 43.0 Å². The average molecular weight is 419 g/mol. The van der Waals surface area contributed by atoms with Crippen molar-refractivity contribution >= 4 is 0 Å². The highest BCUT2D eigenvalue weighted by Gasteiger charge is 2.60. The van der Waals surface area contributed by atoms with Crippen LogP contribution in [-0.4, -0.2) is 0 Å². The van der Waals surface area contributed by atoms with E-state index in [9.17, 15) is 0 Å². The molecule has 0 radical (unpaired) electrons. The molecule has 1 aromatic carbocycles. The molecule has 5 rings (SSSR count). The molecule has 4 fully saturated rings. The summed E-state index contributed by atoms with van der Waals surface area (Å²) in [7, 11) is 0. The molecule has 0 aromatic heterocycles.